The molecule has 564 valence electrons. The molecule has 0 aliphatic carbocycles. The van der Waals surface area contributed by atoms with Crippen LogP contribution in [0.25, 0.3) is 10.9 Å². The van der Waals surface area contributed by atoms with Gasteiger partial charge in [-0.1, -0.05) is 116 Å². The minimum Gasteiger partial charge on any atom is -0.481 e. The minimum absolute atomic E-state index is 0.0187. The number of hydrogen-bond acceptors (Lipinski definition) is 17. The first kappa shape index (κ1) is 82.9. The molecule has 5 rings (SSSR count). The topological polar surface area (TPSA) is 509 Å². The van der Waals surface area contributed by atoms with Crippen molar-refractivity contribution in [2.75, 3.05) is 39.3 Å². The van der Waals surface area contributed by atoms with Crippen LogP contribution >= 0.6 is 0 Å². The van der Waals surface area contributed by atoms with Gasteiger partial charge < -0.3 is 93.7 Å². The number of aromatic nitrogens is 1. The molecule has 0 saturated carbocycles. The molecule has 34 heteroatoms. The molecule has 0 spiro atoms. The Morgan fingerprint density at radius 1 is 0.549 bits per heavy atom. The van der Waals surface area contributed by atoms with E-state index >= 15 is 4.79 Å². The van der Waals surface area contributed by atoms with Crippen molar-refractivity contribution in [1.82, 2.24) is 73.3 Å². The highest BCUT2D eigenvalue weighted by atomic mass is 16.4. The minimum atomic E-state index is -1.97. The smallest absolute Gasteiger partial charge is 0.305 e. The van der Waals surface area contributed by atoms with Crippen molar-refractivity contribution in [2.45, 2.75) is 236 Å². The molecule has 0 unspecified atom stereocenters. The number of benzene rings is 1. The third-order valence-electron chi connectivity index (χ3n) is 18.2. The van der Waals surface area contributed by atoms with Gasteiger partial charge in [0.1, 0.15) is 54.4 Å². The molecule has 3 fully saturated rings. The molecule has 1 aromatic heterocycles. The molecule has 102 heavy (non-hydrogen) atoms. The lowest BCUT2D eigenvalue weighted by Gasteiger charge is -2.37. The number of para-hydroxylation sites is 1. The molecular weight excluding hydrogens is 1330 g/mol. The summed E-state index contributed by atoms with van der Waals surface area (Å²) in [4.78, 5) is 224. The van der Waals surface area contributed by atoms with Crippen LogP contribution in [-0.2, 0) is 83.1 Å². The number of carbonyl (C=O) groups is 16. The SMILES string of the molecule is CCCCCCCCCCCCCCC(=O)N[C@@H](Cc1c[nH]c2ccccc12)C(=O)N[C@@H](CC(=O)O)C(=O)N[C@H]1CNC(=O)[C@@H]2CCCN2C(=O)[C@H]([C@H](C)CC)NC(=O)[C@H]([C@@H](C)O)NC(=O)CNC(=O)[C@H](CC(=O)O)NC(=O)CNC(=O)[C@H](CC(=O)O)NC(=O)CNC(=O)[C@@H]2CCCCN2C1=O. The largest absolute Gasteiger partial charge is 0.481 e. The molecule has 34 nitrogen and oxygen atoms in total. The highest BCUT2D eigenvalue weighted by molar-refractivity contribution is 6.01. The average Bonchev–Trinajstić information content (AvgIpc) is 1.45. The molecule has 0 radical (unpaired) electrons. The summed E-state index contributed by atoms with van der Waals surface area (Å²) in [6.45, 7) is 2.61. The van der Waals surface area contributed by atoms with Crippen molar-refractivity contribution in [3.8, 4) is 0 Å². The molecule has 1 aromatic carbocycles. The van der Waals surface area contributed by atoms with Crippen molar-refractivity contribution in [1.29, 1.82) is 0 Å². The Labute approximate surface area is 591 Å². The summed E-state index contributed by atoms with van der Waals surface area (Å²) in [6.07, 6.45) is 10.4. The summed E-state index contributed by atoms with van der Waals surface area (Å²) in [6, 6.07) is -7.90. The van der Waals surface area contributed by atoms with Crippen LogP contribution in [0.3, 0.4) is 0 Å². The summed E-state index contributed by atoms with van der Waals surface area (Å²) in [5.41, 5.74) is 1.31. The predicted octanol–water partition coefficient (Wildman–Crippen LogP) is -1.10. The van der Waals surface area contributed by atoms with Gasteiger partial charge in [0.15, 0.2) is 0 Å². The van der Waals surface area contributed by atoms with Crippen LogP contribution in [0.4, 0.5) is 0 Å². The second-order valence-corrected chi connectivity index (χ2v) is 26.3. The number of carbonyl (C=O) groups excluding carboxylic acids is 13. The summed E-state index contributed by atoms with van der Waals surface area (Å²) < 4.78 is 0. The van der Waals surface area contributed by atoms with Crippen LogP contribution in [0.15, 0.2) is 30.5 Å². The van der Waals surface area contributed by atoms with Crippen molar-refractivity contribution >= 4 is 106 Å². The van der Waals surface area contributed by atoms with Crippen molar-refractivity contribution in [3.05, 3.63) is 36.0 Å². The summed E-state index contributed by atoms with van der Waals surface area (Å²) in [5.74, 6) is -19.0. The Morgan fingerprint density at radius 3 is 1.63 bits per heavy atom. The van der Waals surface area contributed by atoms with Crippen LogP contribution in [0.2, 0.25) is 0 Å². The number of hydrogen-bond donors (Lipinski definition) is 16. The van der Waals surface area contributed by atoms with Crippen LogP contribution in [-0.4, -0.2) is 230 Å². The number of carboxylic acid groups (broad SMARTS) is 3. The maximum Gasteiger partial charge on any atom is 0.305 e. The van der Waals surface area contributed by atoms with Gasteiger partial charge in [-0.2, -0.15) is 0 Å². The lowest BCUT2D eigenvalue weighted by Crippen LogP contribution is -2.63. The van der Waals surface area contributed by atoms with Gasteiger partial charge in [0, 0.05) is 49.6 Å². The van der Waals surface area contributed by atoms with Crippen LogP contribution in [0.5, 0.6) is 0 Å². The first-order valence-corrected chi connectivity index (χ1v) is 35.3. The zero-order chi connectivity index (χ0) is 75.0. The molecule has 3 aliphatic rings. The number of nitrogens with one attached hydrogen (secondary N) is 12. The van der Waals surface area contributed by atoms with E-state index in [0.717, 1.165) is 43.9 Å². The van der Waals surface area contributed by atoms with Gasteiger partial charge in [-0.15, -0.1) is 0 Å². The molecule has 0 bridgehead atoms. The third-order valence-corrected chi connectivity index (χ3v) is 18.2. The van der Waals surface area contributed by atoms with Gasteiger partial charge in [0.05, 0.1) is 45.0 Å². The lowest BCUT2D eigenvalue weighted by molar-refractivity contribution is -0.146. The van der Waals surface area contributed by atoms with E-state index in [-0.39, 0.29) is 58.0 Å². The number of aliphatic carboxylic acids is 3. The van der Waals surface area contributed by atoms with E-state index in [2.05, 4.69) is 70.4 Å². The lowest BCUT2D eigenvalue weighted by atomic mass is 9.96. The summed E-state index contributed by atoms with van der Waals surface area (Å²) in [5, 5.41) is 66.8. The number of carboxylic acids is 3. The first-order chi connectivity index (χ1) is 48.6. The Hall–Kier alpha value is -9.76. The molecule has 3 saturated heterocycles. The van der Waals surface area contributed by atoms with Crippen LogP contribution < -0.4 is 58.5 Å². The van der Waals surface area contributed by atoms with Crippen molar-refractivity contribution in [2.24, 2.45) is 5.92 Å². The molecule has 13 amide bonds. The number of amides is 13. The highest BCUT2D eigenvalue weighted by Crippen LogP contribution is 2.24. The maximum atomic E-state index is 15.2. The van der Waals surface area contributed by atoms with Crippen molar-refractivity contribution in [3.63, 3.8) is 0 Å². The van der Waals surface area contributed by atoms with Gasteiger partial charge in [-0.3, -0.25) is 76.7 Å². The van der Waals surface area contributed by atoms with Gasteiger partial charge in [0.25, 0.3) is 0 Å². The van der Waals surface area contributed by atoms with Gasteiger partial charge in [-0.05, 0) is 63.0 Å². The molecule has 16 N–H and O–H groups in total. The fourth-order valence-electron chi connectivity index (χ4n) is 12.4. The number of aliphatic hydroxyl groups excluding tert-OH is 1. The van der Waals surface area contributed by atoms with E-state index in [4.69, 9.17) is 0 Å². The number of fused-ring (bicyclic) bond motifs is 3. The fraction of sp³-hybridized carbons (Fsp3) is 0.647. The molecule has 11 atom stereocenters. The Morgan fingerprint density at radius 2 is 1.07 bits per heavy atom. The van der Waals surface area contributed by atoms with E-state index < -0.39 is 207 Å². The summed E-state index contributed by atoms with van der Waals surface area (Å²) in [7, 11) is 0. The normalized spacial score (nSPS) is 22.5. The number of unbranched alkanes of at least 4 members (excludes halogenated alkanes) is 11. The number of piperidine rings is 1. The average molecular weight is 1440 g/mol. The molecule has 3 aliphatic heterocycles. The second kappa shape index (κ2) is 42.5. The second-order valence-electron chi connectivity index (χ2n) is 26.3. The van der Waals surface area contributed by atoms with Crippen LogP contribution in [0, 0.1) is 5.92 Å². The van der Waals surface area contributed by atoms with Crippen LogP contribution in [0.1, 0.15) is 175 Å². The number of H-pyrrole nitrogens is 1. The van der Waals surface area contributed by atoms with E-state index in [1.165, 1.54) is 43.4 Å². The first-order valence-electron chi connectivity index (χ1n) is 35.3. The van der Waals surface area contributed by atoms with Gasteiger partial charge in [-0.25, -0.2) is 0 Å². The highest BCUT2D eigenvalue weighted by Gasteiger charge is 2.43. The number of rotatable bonds is 29. The quantitative estimate of drug-likeness (QED) is 0.0430. The number of nitrogens with zero attached hydrogens (tertiary/aromatic N) is 2. The maximum absolute atomic E-state index is 15.2. The van der Waals surface area contributed by atoms with E-state index in [9.17, 15) is 92.3 Å². The van der Waals surface area contributed by atoms with E-state index in [1.807, 2.05) is 0 Å². The Balaban J connectivity index is 1.46. The number of aliphatic hydroxyl groups is 1. The zero-order valence-electron chi connectivity index (χ0n) is 58.5. The van der Waals surface area contributed by atoms with E-state index in [1.54, 1.807) is 44.3 Å². The molecular formula is C68H102N14O20. The fourth-order valence-corrected chi connectivity index (χ4v) is 12.4. The monoisotopic (exact) mass is 1430 g/mol. The van der Waals surface area contributed by atoms with Gasteiger partial charge >= 0.3 is 17.9 Å². The standard InChI is InChI=1S/C68H102N14O20/c1-5-7-8-9-10-11-12-13-14-15-16-17-27-51(84)74-44(30-41-34-69-43-24-19-18-23-42(41)43)62(96)77-47(33-57(92)93)63(97)78-48-35-70-64(98)50-26-22-29-82(50)68(102)58(39(3)6-2)80-66(100)59(40(4)83)79-54(87)38-72-61(95)46(32-56(90)91)75-52(85)36-71-60(94)45(31-55(88)89)76-53(86)37-73-65(99)49-25-20-21-28-81(49)67(48)101/h18-19,23-24,34,39-40,44-50,58-59,69,83H,5-17,20-22,25-33,35-38H2,1-4H3,(H,70,98)(H,71,94)(H,72,95)(H,73,99)(H,74,84)(H,75,85)(H,76,86)(H,77,96)(H,78,97)(H,79,87)(H,80,100)(H,88,89)(H,90,91)(H,92,93)/t39-,40-,44+,45+,46+,47+,48+,49+,50+,58+,59+/m1/s1. The zero-order valence-corrected chi connectivity index (χ0v) is 58.5. The Bertz CT molecular complexity index is 3290. The number of aromatic amines is 1. The summed E-state index contributed by atoms with van der Waals surface area (Å²) >= 11 is 0. The predicted molar refractivity (Wildman–Crippen MR) is 365 cm³/mol. The van der Waals surface area contributed by atoms with Crippen molar-refractivity contribution < 1.29 is 97.1 Å². The Kier molecular flexibility index (Phi) is 34.5. The molecule has 4 heterocycles. The molecule has 2 aromatic rings. The third kappa shape index (κ3) is 27.0. The van der Waals surface area contributed by atoms with Gasteiger partial charge in [0.2, 0.25) is 76.8 Å². The van der Waals surface area contributed by atoms with E-state index in [0.29, 0.717) is 29.3 Å².